The topological polar surface area (TPSA) is 43.4 Å². The first-order valence-electron chi connectivity index (χ1n) is 7.23. The summed E-state index contributed by atoms with van der Waals surface area (Å²) in [6, 6.07) is 16.5. The summed E-state index contributed by atoms with van der Waals surface area (Å²) in [6.07, 6.45) is 0.723. The Balaban J connectivity index is 1.87. The van der Waals surface area contributed by atoms with Gasteiger partial charge in [0.1, 0.15) is 12.4 Å². The molecule has 0 saturated carbocycles. The van der Waals surface area contributed by atoms with Gasteiger partial charge in [-0.05, 0) is 35.9 Å². The van der Waals surface area contributed by atoms with E-state index in [0.29, 0.717) is 15.3 Å². The predicted octanol–water partition coefficient (Wildman–Crippen LogP) is 4.72. The summed E-state index contributed by atoms with van der Waals surface area (Å²) in [5, 5.41) is 0. The molecule has 5 heteroatoms. The van der Waals surface area contributed by atoms with Crippen LogP contribution in [0.4, 0.5) is 4.39 Å². The Morgan fingerprint density at radius 2 is 1.88 bits per heavy atom. The van der Waals surface area contributed by atoms with Crippen molar-refractivity contribution in [1.29, 1.82) is 0 Å². The molecule has 120 valence electrons. The SMILES string of the molecule is O=Cc1ccc(-c2cc(F)ccc2C(=O)OCc2ccccc2)s1. The van der Waals surface area contributed by atoms with Crippen LogP contribution in [-0.2, 0) is 11.3 Å². The van der Waals surface area contributed by atoms with E-state index in [1.807, 2.05) is 30.3 Å². The number of halogens is 1. The van der Waals surface area contributed by atoms with Gasteiger partial charge in [0, 0.05) is 10.4 Å². The van der Waals surface area contributed by atoms with Gasteiger partial charge >= 0.3 is 5.97 Å². The highest BCUT2D eigenvalue weighted by atomic mass is 32.1. The van der Waals surface area contributed by atoms with Gasteiger partial charge in [-0.1, -0.05) is 30.3 Å². The lowest BCUT2D eigenvalue weighted by Crippen LogP contribution is -2.07. The lowest BCUT2D eigenvalue weighted by Gasteiger charge is -2.09. The summed E-state index contributed by atoms with van der Waals surface area (Å²) in [5.41, 5.74) is 1.56. The smallest absolute Gasteiger partial charge is 0.339 e. The summed E-state index contributed by atoms with van der Waals surface area (Å²) < 4.78 is 18.9. The molecule has 2 aromatic carbocycles. The monoisotopic (exact) mass is 340 g/mol. The molecular formula is C19H13FO3S. The van der Waals surface area contributed by atoms with E-state index in [9.17, 15) is 14.0 Å². The number of carbonyl (C=O) groups is 2. The lowest BCUT2D eigenvalue weighted by atomic mass is 10.1. The molecule has 0 unspecified atom stereocenters. The van der Waals surface area contributed by atoms with Crippen LogP contribution in [-0.4, -0.2) is 12.3 Å². The van der Waals surface area contributed by atoms with Gasteiger partial charge in [0.05, 0.1) is 10.4 Å². The minimum Gasteiger partial charge on any atom is -0.457 e. The maximum atomic E-state index is 13.6. The number of thiophene rings is 1. The summed E-state index contributed by atoms with van der Waals surface area (Å²) in [4.78, 5) is 24.4. The molecule has 24 heavy (non-hydrogen) atoms. The molecule has 1 aromatic heterocycles. The Hall–Kier alpha value is -2.79. The molecular weight excluding hydrogens is 327 g/mol. The van der Waals surface area contributed by atoms with E-state index >= 15 is 0 Å². The number of hydrogen-bond acceptors (Lipinski definition) is 4. The number of benzene rings is 2. The normalized spacial score (nSPS) is 10.4. The fraction of sp³-hybridized carbons (Fsp3) is 0.0526. The van der Waals surface area contributed by atoms with Gasteiger partial charge in [-0.3, -0.25) is 4.79 Å². The summed E-state index contributed by atoms with van der Waals surface area (Å²) in [6.45, 7) is 0.139. The van der Waals surface area contributed by atoms with Crippen LogP contribution in [0.5, 0.6) is 0 Å². The Bertz CT molecular complexity index is 871. The molecule has 0 aliphatic carbocycles. The van der Waals surface area contributed by atoms with E-state index in [1.165, 1.54) is 29.5 Å². The van der Waals surface area contributed by atoms with E-state index < -0.39 is 11.8 Å². The van der Waals surface area contributed by atoms with Gasteiger partial charge in [-0.2, -0.15) is 0 Å². The number of carbonyl (C=O) groups excluding carboxylic acids is 2. The summed E-state index contributed by atoms with van der Waals surface area (Å²) in [5.74, 6) is -0.986. The minimum atomic E-state index is -0.532. The van der Waals surface area contributed by atoms with Gasteiger partial charge < -0.3 is 4.74 Å². The molecule has 0 fully saturated rings. The zero-order valence-corrected chi connectivity index (χ0v) is 13.4. The average Bonchev–Trinajstić information content (AvgIpc) is 3.09. The van der Waals surface area contributed by atoms with Crippen molar-refractivity contribution in [2.75, 3.05) is 0 Å². The molecule has 3 nitrogen and oxygen atoms in total. The molecule has 0 bridgehead atoms. The Morgan fingerprint density at radius 1 is 1.08 bits per heavy atom. The van der Waals surface area contributed by atoms with Gasteiger partial charge in [-0.15, -0.1) is 11.3 Å². The van der Waals surface area contributed by atoms with Gasteiger partial charge in [0.15, 0.2) is 6.29 Å². The van der Waals surface area contributed by atoms with Crippen molar-refractivity contribution in [1.82, 2.24) is 0 Å². The van der Waals surface area contributed by atoms with Crippen molar-refractivity contribution in [3.05, 3.63) is 82.5 Å². The van der Waals surface area contributed by atoms with E-state index in [0.717, 1.165) is 11.8 Å². The van der Waals surface area contributed by atoms with E-state index in [1.54, 1.807) is 12.1 Å². The third-order valence-electron chi connectivity index (χ3n) is 3.42. The van der Waals surface area contributed by atoms with Gasteiger partial charge in [0.2, 0.25) is 0 Å². The third kappa shape index (κ3) is 3.58. The number of rotatable bonds is 5. The van der Waals surface area contributed by atoms with Crippen LogP contribution in [0, 0.1) is 5.82 Å². The van der Waals surface area contributed by atoms with E-state index in [4.69, 9.17) is 4.74 Å². The molecule has 1 heterocycles. The number of hydrogen-bond donors (Lipinski definition) is 0. The van der Waals surface area contributed by atoms with E-state index in [2.05, 4.69) is 0 Å². The molecule has 0 saturated heterocycles. The summed E-state index contributed by atoms with van der Waals surface area (Å²) in [7, 11) is 0. The van der Waals surface area contributed by atoms with E-state index in [-0.39, 0.29) is 12.2 Å². The maximum absolute atomic E-state index is 13.6. The summed E-state index contributed by atoms with van der Waals surface area (Å²) >= 11 is 1.20. The number of esters is 1. The molecule has 3 rings (SSSR count). The second kappa shape index (κ2) is 7.19. The van der Waals surface area contributed by atoms with Crippen LogP contribution in [0.25, 0.3) is 10.4 Å². The fourth-order valence-electron chi connectivity index (χ4n) is 2.26. The van der Waals surface area contributed by atoms with Crippen molar-refractivity contribution >= 4 is 23.6 Å². The lowest BCUT2D eigenvalue weighted by molar-refractivity contribution is 0.0473. The van der Waals surface area contributed by atoms with Crippen molar-refractivity contribution in [3.8, 4) is 10.4 Å². The number of ether oxygens (including phenoxy) is 1. The van der Waals surface area contributed by atoms with Gasteiger partial charge in [0.25, 0.3) is 0 Å². The number of aldehydes is 1. The average molecular weight is 340 g/mol. The van der Waals surface area contributed by atoms with Crippen LogP contribution in [0.1, 0.15) is 25.6 Å². The quantitative estimate of drug-likeness (QED) is 0.498. The molecule has 0 radical (unpaired) electrons. The molecule has 3 aromatic rings. The molecule has 0 N–H and O–H groups in total. The highest BCUT2D eigenvalue weighted by Gasteiger charge is 2.17. The molecule has 0 aliphatic rings. The zero-order valence-electron chi connectivity index (χ0n) is 12.6. The second-order valence-electron chi connectivity index (χ2n) is 5.07. The van der Waals surface area contributed by atoms with Crippen LogP contribution < -0.4 is 0 Å². The highest BCUT2D eigenvalue weighted by molar-refractivity contribution is 7.17. The van der Waals surface area contributed by atoms with Crippen LogP contribution in [0.3, 0.4) is 0 Å². The Morgan fingerprint density at radius 3 is 2.58 bits per heavy atom. The van der Waals surface area contributed by atoms with Crippen molar-refractivity contribution in [2.24, 2.45) is 0 Å². The Labute approximate surface area is 142 Å². The van der Waals surface area contributed by atoms with Crippen LogP contribution >= 0.6 is 11.3 Å². The zero-order chi connectivity index (χ0) is 16.9. The van der Waals surface area contributed by atoms with Crippen LogP contribution in [0.2, 0.25) is 0 Å². The minimum absolute atomic E-state index is 0.139. The first-order chi connectivity index (χ1) is 11.7. The Kier molecular flexibility index (Phi) is 4.82. The standard InChI is InChI=1S/C19H13FO3S/c20-14-6-8-16(17(10-14)18-9-7-15(11-21)24-18)19(22)23-12-13-4-2-1-3-5-13/h1-11H,12H2. The van der Waals surface area contributed by atoms with Crippen molar-refractivity contribution in [2.45, 2.75) is 6.61 Å². The highest BCUT2D eigenvalue weighted by Crippen LogP contribution is 2.31. The van der Waals surface area contributed by atoms with Crippen molar-refractivity contribution < 1.29 is 18.7 Å². The van der Waals surface area contributed by atoms with Crippen LogP contribution in [0.15, 0.2) is 60.7 Å². The van der Waals surface area contributed by atoms with Gasteiger partial charge in [-0.25, -0.2) is 9.18 Å². The molecule has 0 aliphatic heterocycles. The second-order valence-corrected chi connectivity index (χ2v) is 6.19. The predicted molar refractivity (Wildman–Crippen MR) is 90.7 cm³/mol. The first-order valence-corrected chi connectivity index (χ1v) is 8.05. The maximum Gasteiger partial charge on any atom is 0.339 e. The largest absolute Gasteiger partial charge is 0.457 e. The first kappa shape index (κ1) is 16.1. The fourth-order valence-corrected chi connectivity index (χ4v) is 3.11. The molecule has 0 atom stereocenters. The van der Waals surface area contributed by atoms with Crippen molar-refractivity contribution in [3.63, 3.8) is 0 Å². The third-order valence-corrected chi connectivity index (χ3v) is 4.47. The molecule has 0 spiro atoms. The molecule has 0 amide bonds.